The predicted octanol–water partition coefficient (Wildman–Crippen LogP) is 0.520. The second-order valence-electron chi connectivity index (χ2n) is 4.48. The Kier molecular flexibility index (Phi) is 6.58. The summed E-state index contributed by atoms with van der Waals surface area (Å²) >= 11 is 0. The van der Waals surface area contributed by atoms with E-state index in [9.17, 15) is 9.59 Å². The number of nitrogens with zero attached hydrogens (tertiary/aromatic N) is 1. The van der Waals surface area contributed by atoms with Gasteiger partial charge in [-0.3, -0.25) is 4.79 Å². The predicted molar refractivity (Wildman–Crippen MR) is 77.9 cm³/mol. The van der Waals surface area contributed by atoms with Gasteiger partial charge in [0, 0.05) is 24.7 Å². The number of carboxylic acid groups (broad SMARTS) is 1. The molecule has 0 spiro atoms. The monoisotopic (exact) mass is 293 g/mol. The number of amides is 1. The maximum atomic E-state index is 12.2. The van der Waals surface area contributed by atoms with Crippen molar-refractivity contribution in [3.63, 3.8) is 0 Å². The number of carbonyl (C=O) groups excluding carboxylic acids is 1. The van der Waals surface area contributed by atoms with Crippen LogP contribution >= 0.6 is 0 Å². The van der Waals surface area contributed by atoms with Gasteiger partial charge in [0.2, 0.25) is 0 Å². The number of aliphatic carboxylic acids is 1. The minimum absolute atomic E-state index is 0.152. The molecule has 1 rings (SSSR count). The zero-order valence-electron chi connectivity index (χ0n) is 11.8. The Hall–Kier alpha value is -2.18. The fourth-order valence-electron chi connectivity index (χ4n) is 1.90. The van der Waals surface area contributed by atoms with Crippen LogP contribution in [-0.4, -0.2) is 58.4 Å². The Labute approximate surface area is 122 Å². The number of carboxylic acids is 1. The van der Waals surface area contributed by atoms with Crippen LogP contribution in [0.25, 0.3) is 6.08 Å². The van der Waals surface area contributed by atoms with Crippen LogP contribution in [0.2, 0.25) is 0 Å². The number of aliphatic hydroxyl groups is 2. The van der Waals surface area contributed by atoms with E-state index in [1.54, 1.807) is 25.1 Å². The minimum Gasteiger partial charge on any atom is -0.478 e. The van der Waals surface area contributed by atoms with Gasteiger partial charge in [-0.15, -0.1) is 0 Å². The summed E-state index contributed by atoms with van der Waals surface area (Å²) in [5.74, 6) is -1.32. The third-order valence-electron chi connectivity index (χ3n) is 2.95. The lowest BCUT2D eigenvalue weighted by atomic mass is 10.0. The largest absolute Gasteiger partial charge is 0.478 e. The molecule has 0 radical (unpaired) electrons. The molecular formula is C15H19NO5. The van der Waals surface area contributed by atoms with Gasteiger partial charge in [-0.05, 0) is 36.3 Å². The van der Waals surface area contributed by atoms with Crippen molar-refractivity contribution in [2.45, 2.75) is 6.92 Å². The Morgan fingerprint density at radius 2 is 1.81 bits per heavy atom. The summed E-state index contributed by atoms with van der Waals surface area (Å²) in [7, 11) is 0. The number of hydrogen-bond acceptors (Lipinski definition) is 4. The van der Waals surface area contributed by atoms with Crippen molar-refractivity contribution in [3.8, 4) is 0 Å². The SMILES string of the molecule is Cc1cc(C(=O)N(CCO)CCO)ccc1/C=C/C(=O)O. The van der Waals surface area contributed by atoms with Crippen LogP contribution in [0.3, 0.4) is 0 Å². The van der Waals surface area contributed by atoms with Crippen LogP contribution in [0, 0.1) is 6.92 Å². The number of aliphatic hydroxyl groups excluding tert-OH is 2. The molecular weight excluding hydrogens is 274 g/mol. The van der Waals surface area contributed by atoms with Gasteiger partial charge in [0.15, 0.2) is 0 Å². The van der Waals surface area contributed by atoms with Crippen LogP contribution in [-0.2, 0) is 4.79 Å². The Morgan fingerprint density at radius 3 is 2.29 bits per heavy atom. The van der Waals surface area contributed by atoms with E-state index < -0.39 is 5.97 Å². The average Bonchev–Trinajstić information content (AvgIpc) is 2.44. The summed E-state index contributed by atoms with van der Waals surface area (Å²) in [6, 6.07) is 4.92. The first-order chi connectivity index (χ1) is 9.99. The van der Waals surface area contributed by atoms with E-state index in [2.05, 4.69) is 0 Å². The van der Waals surface area contributed by atoms with Crippen molar-refractivity contribution < 1.29 is 24.9 Å². The lowest BCUT2D eigenvalue weighted by Gasteiger charge is -2.21. The van der Waals surface area contributed by atoms with Gasteiger partial charge in [0.05, 0.1) is 13.2 Å². The van der Waals surface area contributed by atoms with Crippen molar-refractivity contribution in [1.29, 1.82) is 0 Å². The first-order valence-corrected chi connectivity index (χ1v) is 6.52. The van der Waals surface area contributed by atoms with Crippen LogP contribution < -0.4 is 0 Å². The van der Waals surface area contributed by atoms with Gasteiger partial charge in [-0.2, -0.15) is 0 Å². The summed E-state index contributed by atoms with van der Waals surface area (Å²) in [5, 5.41) is 26.5. The molecule has 6 heteroatoms. The molecule has 0 bridgehead atoms. The molecule has 1 aromatic carbocycles. The first kappa shape index (κ1) is 16.9. The molecule has 3 N–H and O–H groups in total. The highest BCUT2D eigenvalue weighted by Crippen LogP contribution is 2.14. The number of hydrogen-bond donors (Lipinski definition) is 3. The number of benzene rings is 1. The van der Waals surface area contributed by atoms with Gasteiger partial charge >= 0.3 is 5.97 Å². The van der Waals surface area contributed by atoms with Crippen molar-refractivity contribution in [2.75, 3.05) is 26.3 Å². The van der Waals surface area contributed by atoms with Gasteiger partial charge in [0.1, 0.15) is 0 Å². The molecule has 0 aliphatic heterocycles. The topological polar surface area (TPSA) is 98.1 Å². The zero-order chi connectivity index (χ0) is 15.8. The fraction of sp³-hybridized carbons (Fsp3) is 0.333. The fourth-order valence-corrected chi connectivity index (χ4v) is 1.90. The molecule has 0 aliphatic rings. The van der Waals surface area contributed by atoms with Crippen molar-refractivity contribution in [1.82, 2.24) is 4.90 Å². The van der Waals surface area contributed by atoms with Gasteiger partial charge in [-0.25, -0.2) is 4.79 Å². The average molecular weight is 293 g/mol. The van der Waals surface area contributed by atoms with E-state index in [0.29, 0.717) is 11.1 Å². The molecule has 0 saturated carbocycles. The van der Waals surface area contributed by atoms with E-state index in [1.807, 2.05) is 0 Å². The Morgan fingerprint density at radius 1 is 1.19 bits per heavy atom. The summed E-state index contributed by atoms with van der Waals surface area (Å²) in [5.41, 5.74) is 1.91. The highest BCUT2D eigenvalue weighted by Gasteiger charge is 2.15. The molecule has 0 saturated heterocycles. The second-order valence-corrected chi connectivity index (χ2v) is 4.48. The van der Waals surface area contributed by atoms with Crippen LogP contribution in [0.5, 0.6) is 0 Å². The van der Waals surface area contributed by atoms with Gasteiger partial charge < -0.3 is 20.2 Å². The van der Waals surface area contributed by atoms with E-state index in [4.69, 9.17) is 15.3 Å². The van der Waals surface area contributed by atoms with E-state index in [-0.39, 0.29) is 32.2 Å². The van der Waals surface area contributed by atoms with Gasteiger partial charge in [-0.1, -0.05) is 6.07 Å². The summed E-state index contributed by atoms with van der Waals surface area (Å²) in [4.78, 5) is 24.1. The minimum atomic E-state index is -1.04. The standard InChI is InChI=1S/C15H19NO5/c1-11-10-13(3-2-12(11)4-5-14(19)20)15(21)16(6-8-17)7-9-18/h2-5,10,17-18H,6-9H2,1H3,(H,19,20)/b5-4+. The van der Waals surface area contributed by atoms with Crippen molar-refractivity contribution >= 4 is 18.0 Å². The second kappa shape index (κ2) is 8.18. The van der Waals surface area contributed by atoms with Crippen LogP contribution in [0.4, 0.5) is 0 Å². The van der Waals surface area contributed by atoms with Crippen molar-refractivity contribution in [2.24, 2.45) is 0 Å². The lowest BCUT2D eigenvalue weighted by molar-refractivity contribution is -0.131. The zero-order valence-corrected chi connectivity index (χ0v) is 11.8. The van der Waals surface area contributed by atoms with E-state index in [1.165, 1.54) is 11.0 Å². The van der Waals surface area contributed by atoms with E-state index >= 15 is 0 Å². The molecule has 1 amide bonds. The molecule has 6 nitrogen and oxygen atoms in total. The smallest absolute Gasteiger partial charge is 0.328 e. The number of rotatable bonds is 7. The Balaban J connectivity index is 2.96. The molecule has 0 heterocycles. The molecule has 21 heavy (non-hydrogen) atoms. The molecule has 0 aromatic heterocycles. The highest BCUT2D eigenvalue weighted by atomic mass is 16.4. The molecule has 0 atom stereocenters. The molecule has 0 fully saturated rings. The normalized spacial score (nSPS) is 10.8. The maximum Gasteiger partial charge on any atom is 0.328 e. The van der Waals surface area contributed by atoms with Crippen molar-refractivity contribution in [3.05, 3.63) is 41.0 Å². The first-order valence-electron chi connectivity index (χ1n) is 6.52. The summed E-state index contributed by atoms with van der Waals surface area (Å²) < 4.78 is 0. The summed E-state index contributed by atoms with van der Waals surface area (Å²) in [6.45, 7) is 1.73. The lowest BCUT2D eigenvalue weighted by Crippen LogP contribution is -2.35. The number of carbonyl (C=O) groups is 2. The quantitative estimate of drug-likeness (QED) is 0.637. The third kappa shape index (κ3) is 5.02. The number of aryl methyl sites for hydroxylation is 1. The van der Waals surface area contributed by atoms with E-state index in [0.717, 1.165) is 11.6 Å². The van der Waals surface area contributed by atoms with Crippen LogP contribution in [0.15, 0.2) is 24.3 Å². The molecule has 0 unspecified atom stereocenters. The highest BCUT2D eigenvalue weighted by molar-refractivity contribution is 5.95. The Bertz CT molecular complexity index is 533. The molecule has 0 aliphatic carbocycles. The molecule has 1 aromatic rings. The molecule has 114 valence electrons. The third-order valence-corrected chi connectivity index (χ3v) is 2.95. The summed E-state index contributed by atoms with van der Waals surface area (Å²) in [6.07, 6.45) is 2.50. The maximum absolute atomic E-state index is 12.2. The van der Waals surface area contributed by atoms with Crippen LogP contribution in [0.1, 0.15) is 21.5 Å². The van der Waals surface area contributed by atoms with Gasteiger partial charge in [0.25, 0.3) is 5.91 Å².